The minimum Gasteiger partial charge on any atom is -0.493 e. The van der Waals surface area contributed by atoms with E-state index in [0.717, 1.165) is 0 Å². The maximum Gasteiger partial charge on any atom is 0.343 e. The molecule has 0 saturated heterocycles. The van der Waals surface area contributed by atoms with Crippen molar-refractivity contribution < 1.29 is 19.1 Å². The molecule has 0 spiro atoms. The van der Waals surface area contributed by atoms with Gasteiger partial charge in [-0.15, -0.1) is 0 Å². The first-order valence-corrected chi connectivity index (χ1v) is 8.99. The van der Waals surface area contributed by atoms with Gasteiger partial charge < -0.3 is 9.47 Å². The first-order valence-electron chi connectivity index (χ1n) is 8.61. The molecule has 1 N–H and O–H groups in total. The monoisotopic (exact) mass is 408 g/mol. The molecular weight excluding hydrogens is 392 g/mol. The van der Waals surface area contributed by atoms with E-state index < -0.39 is 5.97 Å². The number of nitrogens with one attached hydrogen (secondary N) is 1. The smallest absolute Gasteiger partial charge is 0.343 e. The fourth-order valence-electron chi connectivity index (χ4n) is 2.42. The number of carbonyl (C=O) groups is 2. The van der Waals surface area contributed by atoms with E-state index in [-0.39, 0.29) is 11.7 Å². The van der Waals surface area contributed by atoms with E-state index in [0.29, 0.717) is 27.5 Å². The van der Waals surface area contributed by atoms with Gasteiger partial charge in [0.2, 0.25) is 0 Å². The number of hydrazone groups is 1. The van der Waals surface area contributed by atoms with Gasteiger partial charge in [-0.25, -0.2) is 10.2 Å². The minimum absolute atomic E-state index is 0.245. The van der Waals surface area contributed by atoms with Crippen molar-refractivity contribution >= 4 is 29.7 Å². The minimum atomic E-state index is -0.506. The third-order valence-corrected chi connectivity index (χ3v) is 4.14. The quantitative estimate of drug-likeness (QED) is 0.285. The van der Waals surface area contributed by atoms with Gasteiger partial charge in [-0.05, 0) is 60.2 Å². The zero-order valence-electron chi connectivity index (χ0n) is 15.5. The number of ether oxygens (including phenoxy) is 2. The summed E-state index contributed by atoms with van der Waals surface area (Å²) in [6, 6.07) is 20.0. The molecule has 0 aliphatic rings. The van der Waals surface area contributed by atoms with E-state index in [4.69, 9.17) is 21.1 Å². The second kappa shape index (κ2) is 9.52. The number of hydrogen-bond acceptors (Lipinski definition) is 5. The van der Waals surface area contributed by atoms with Crippen molar-refractivity contribution in [2.45, 2.75) is 0 Å². The molecule has 0 aliphatic carbocycles. The molecule has 0 aromatic heterocycles. The number of amides is 1. The summed E-state index contributed by atoms with van der Waals surface area (Å²) < 4.78 is 10.7. The Bertz CT molecular complexity index is 1030. The Morgan fingerprint density at radius 1 is 0.931 bits per heavy atom. The van der Waals surface area contributed by atoms with Gasteiger partial charge in [0.15, 0.2) is 11.5 Å². The molecule has 3 rings (SSSR count). The Morgan fingerprint density at radius 3 is 2.34 bits per heavy atom. The molecule has 7 heteroatoms. The number of esters is 1. The van der Waals surface area contributed by atoms with Crippen LogP contribution in [-0.2, 0) is 0 Å². The van der Waals surface area contributed by atoms with Gasteiger partial charge in [0.05, 0.1) is 18.9 Å². The number of benzene rings is 3. The predicted octanol–water partition coefficient (Wildman–Crippen LogP) is 4.33. The van der Waals surface area contributed by atoms with Crippen LogP contribution >= 0.6 is 11.6 Å². The van der Waals surface area contributed by atoms with Crippen molar-refractivity contribution in [1.29, 1.82) is 0 Å². The Labute approximate surface area is 172 Å². The number of nitrogens with zero attached hydrogens (tertiary/aromatic N) is 1. The summed E-state index contributed by atoms with van der Waals surface area (Å²) in [5, 5.41) is 4.48. The molecular formula is C22H17ClN2O4. The largest absolute Gasteiger partial charge is 0.493 e. The Kier molecular flexibility index (Phi) is 6.60. The third-order valence-electron chi connectivity index (χ3n) is 3.89. The molecule has 146 valence electrons. The Balaban J connectivity index is 1.70. The summed E-state index contributed by atoms with van der Waals surface area (Å²) in [4.78, 5) is 24.4. The van der Waals surface area contributed by atoms with Gasteiger partial charge in [0.25, 0.3) is 5.91 Å². The van der Waals surface area contributed by atoms with Crippen LogP contribution in [0.4, 0.5) is 0 Å². The zero-order chi connectivity index (χ0) is 20.6. The molecule has 0 saturated carbocycles. The zero-order valence-corrected chi connectivity index (χ0v) is 16.2. The summed E-state index contributed by atoms with van der Waals surface area (Å²) >= 11 is 5.81. The lowest BCUT2D eigenvalue weighted by atomic mass is 10.2. The fourth-order valence-corrected chi connectivity index (χ4v) is 2.54. The van der Waals surface area contributed by atoms with Crippen molar-refractivity contribution in [3.63, 3.8) is 0 Å². The molecule has 3 aromatic rings. The fraction of sp³-hybridized carbons (Fsp3) is 0.0455. The summed E-state index contributed by atoms with van der Waals surface area (Å²) in [5.74, 6) is -0.234. The van der Waals surface area contributed by atoms with E-state index in [1.54, 1.807) is 66.7 Å². The molecule has 0 radical (unpaired) electrons. The molecule has 29 heavy (non-hydrogen) atoms. The third kappa shape index (κ3) is 5.43. The Hall–Kier alpha value is -3.64. The van der Waals surface area contributed by atoms with Crippen molar-refractivity contribution in [1.82, 2.24) is 5.43 Å². The lowest BCUT2D eigenvalue weighted by Crippen LogP contribution is -2.17. The van der Waals surface area contributed by atoms with Crippen molar-refractivity contribution in [2.24, 2.45) is 5.10 Å². The van der Waals surface area contributed by atoms with Crippen molar-refractivity contribution in [2.75, 3.05) is 7.11 Å². The first kappa shape index (κ1) is 20.1. The average molecular weight is 409 g/mol. The number of carbonyl (C=O) groups excluding carboxylic acids is 2. The van der Waals surface area contributed by atoms with Crippen LogP contribution in [0.2, 0.25) is 5.02 Å². The molecule has 0 unspecified atom stereocenters. The molecule has 6 nitrogen and oxygen atoms in total. The van der Waals surface area contributed by atoms with Gasteiger partial charge in [-0.1, -0.05) is 29.8 Å². The van der Waals surface area contributed by atoms with E-state index in [1.807, 2.05) is 6.07 Å². The van der Waals surface area contributed by atoms with Crippen LogP contribution in [0.25, 0.3) is 0 Å². The Morgan fingerprint density at radius 2 is 1.66 bits per heavy atom. The normalized spacial score (nSPS) is 10.6. The average Bonchev–Trinajstić information content (AvgIpc) is 2.75. The van der Waals surface area contributed by atoms with Crippen LogP contribution in [0, 0.1) is 0 Å². The van der Waals surface area contributed by atoms with E-state index in [1.165, 1.54) is 13.3 Å². The standard InChI is InChI=1S/C22H17ClN2O4/c1-28-19-12-7-15(13-20(19)29-22(27)17-5-3-2-4-6-17)14-24-25-21(26)16-8-10-18(23)11-9-16/h2-14H,1H3,(H,25,26)/b24-14+. The van der Waals surface area contributed by atoms with Crippen LogP contribution < -0.4 is 14.9 Å². The second-order valence-corrected chi connectivity index (χ2v) is 6.31. The van der Waals surface area contributed by atoms with Gasteiger partial charge in [0.1, 0.15) is 0 Å². The highest BCUT2D eigenvalue weighted by atomic mass is 35.5. The number of halogens is 1. The summed E-state index contributed by atoms with van der Waals surface area (Å²) in [5.41, 5.74) is 3.89. The van der Waals surface area contributed by atoms with Crippen LogP contribution in [0.5, 0.6) is 11.5 Å². The molecule has 1 amide bonds. The molecule has 0 bridgehead atoms. The maximum absolute atomic E-state index is 12.3. The van der Waals surface area contributed by atoms with Crippen molar-refractivity contribution in [3.05, 3.63) is 94.5 Å². The summed E-state index contributed by atoms with van der Waals surface area (Å²) in [7, 11) is 1.48. The van der Waals surface area contributed by atoms with Crippen LogP contribution in [-0.4, -0.2) is 25.2 Å². The van der Waals surface area contributed by atoms with Gasteiger partial charge in [-0.2, -0.15) is 5.10 Å². The SMILES string of the molecule is COc1ccc(/C=N/NC(=O)c2ccc(Cl)cc2)cc1OC(=O)c1ccccc1. The second-order valence-electron chi connectivity index (χ2n) is 5.87. The maximum atomic E-state index is 12.3. The summed E-state index contributed by atoms with van der Waals surface area (Å²) in [6.07, 6.45) is 1.44. The highest BCUT2D eigenvalue weighted by molar-refractivity contribution is 6.30. The number of hydrogen-bond donors (Lipinski definition) is 1. The highest BCUT2D eigenvalue weighted by Gasteiger charge is 2.12. The van der Waals surface area contributed by atoms with E-state index in [9.17, 15) is 9.59 Å². The number of methoxy groups -OCH3 is 1. The van der Waals surface area contributed by atoms with Gasteiger partial charge >= 0.3 is 5.97 Å². The van der Waals surface area contributed by atoms with Gasteiger partial charge in [0, 0.05) is 10.6 Å². The molecule has 0 atom stereocenters. The molecule has 0 aliphatic heterocycles. The van der Waals surface area contributed by atoms with Gasteiger partial charge in [-0.3, -0.25) is 4.79 Å². The molecule has 0 fully saturated rings. The molecule has 3 aromatic carbocycles. The highest BCUT2D eigenvalue weighted by Crippen LogP contribution is 2.28. The van der Waals surface area contributed by atoms with Crippen LogP contribution in [0.3, 0.4) is 0 Å². The van der Waals surface area contributed by atoms with E-state index in [2.05, 4.69) is 10.5 Å². The topological polar surface area (TPSA) is 77.0 Å². The van der Waals surface area contributed by atoms with Crippen molar-refractivity contribution in [3.8, 4) is 11.5 Å². The first-order chi connectivity index (χ1) is 14.1. The van der Waals surface area contributed by atoms with E-state index >= 15 is 0 Å². The van der Waals surface area contributed by atoms with Crippen LogP contribution in [0.1, 0.15) is 26.3 Å². The molecule has 0 heterocycles. The lowest BCUT2D eigenvalue weighted by molar-refractivity contribution is 0.0729. The number of rotatable bonds is 6. The predicted molar refractivity (Wildman–Crippen MR) is 111 cm³/mol. The lowest BCUT2D eigenvalue weighted by Gasteiger charge is -2.10. The van der Waals surface area contributed by atoms with Crippen LogP contribution in [0.15, 0.2) is 77.9 Å². The summed E-state index contributed by atoms with van der Waals surface area (Å²) in [6.45, 7) is 0.